The Morgan fingerprint density at radius 3 is 2.50 bits per heavy atom. The van der Waals surface area contributed by atoms with Crippen LogP contribution >= 0.6 is 7.82 Å². The van der Waals surface area contributed by atoms with E-state index in [1.807, 2.05) is 0 Å². The molecule has 9 atom stereocenters. The first kappa shape index (κ1) is 37.4. The molecule has 50 heavy (non-hydrogen) atoms. The van der Waals surface area contributed by atoms with Gasteiger partial charge in [0.25, 0.3) is 18.9 Å². The van der Waals surface area contributed by atoms with Gasteiger partial charge in [0.2, 0.25) is 11.9 Å². The standard InChI is InChI=1S/C28H40FN8O12P/c1-12(2)45-10-16-14(19(29)25(47-16)36-7-6-17(38)33-28(36)41)8-18(39)31-9-15-21(49-50(42,43)48-13(3)4)22(44-5)26(46-15)37-11-32-20-23(37)34-27(30)35-24(20)40/h6-7,11-16,19,21-22,25-26H,8-10H2,1-5H3,(H,31,39)(H,42,43)(H,33,38,41)(H3,30,34,35,40)/p-1/t14?,15-,16-,19?,21?,22?,25-,26-/m1/s1. The van der Waals surface area contributed by atoms with Gasteiger partial charge >= 0.3 is 5.69 Å². The molecule has 5 rings (SSSR count). The number of H-pyrrole nitrogens is 2. The van der Waals surface area contributed by atoms with E-state index in [1.165, 1.54) is 31.9 Å². The monoisotopic (exact) mass is 729 g/mol. The number of anilines is 1. The summed E-state index contributed by atoms with van der Waals surface area (Å²) in [5, 5.41) is 2.63. The molecular weight excluding hydrogens is 690 g/mol. The Morgan fingerprint density at radius 2 is 1.84 bits per heavy atom. The molecule has 20 nitrogen and oxygen atoms in total. The number of rotatable bonds is 14. The maximum Gasteiger partial charge on any atom is 0.330 e. The number of aromatic nitrogens is 6. The van der Waals surface area contributed by atoms with Gasteiger partial charge in [-0.1, -0.05) is 0 Å². The molecule has 5 heterocycles. The lowest BCUT2D eigenvalue weighted by Crippen LogP contribution is -2.43. The van der Waals surface area contributed by atoms with Crippen molar-refractivity contribution >= 4 is 30.8 Å². The molecular formula is C28H39FN8O12P-. The molecule has 0 aromatic carbocycles. The van der Waals surface area contributed by atoms with Gasteiger partial charge in [-0.2, -0.15) is 4.98 Å². The molecule has 0 spiro atoms. The number of aromatic amines is 2. The van der Waals surface area contributed by atoms with Gasteiger partial charge in [0.15, 0.2) is 29.8 Å². The van der Waals surface area contributed by atoms with Gasteiger partial charge in [-0.15, -0.1) is 0 Å². The lowest BCUT2D eigenvalue weighted by molar-refractivity contribution is -0.236. The zero-order valence-corrected chi connectivity index (χ0v) is 28.6. The molecule has 5 unspecified atom stereocenters. The van der Waals surface area contributed by atoms with Crippen LogP contribution < -0.4 is 32.8 Å². The van der Waals surface area contributed by atoms with E-state index in [-0.39, 0.29) is 36.4 Å². The van der Waals surface area contributed by atoms with Crippen LogP contribution in [0, 0.1) is 5.92 Å². The van der Waals surface area contributed by atoms with Crippen molar-refractivity contribution < 1.29 is 46.6 Å². The number of halogens is 1. The van der Waals surface area contributed by atoms with Crippen LogP contribution in [0.4, 0.5) is 10.3 Å². The topological polar surface area (TPSA) is 269 Å². The third-order valence-corrected chi connectivity index (χ3v) is 9.17. The number of amides is 1. The van der Waals surface area contributed by atoms with Crippen molar-refractivity contribution in [2.45, 2.75) is 89.4 Å². The lowest BCUT2D eigenvalue weighted by atomic mass is 9.95. The molecule has 0 saturated carbocycles. The number of nitrogens with zero attached hydrogens (tertiary/aromatic N) is 4. The second kappa shape index (κ2) is 15.2. The summed E-state index contributed by atoms with van der Waals surface area (Å²) < 4.78 is 64.6. The van der Waals surface area contributed by atoms with E-state index < -0.39 is 92.0 Å². The minimum atomic E-state index is -4.97. The number of hydrogen-bond donors (Lipinski definition) is 4. The normalized spacial score (nSPS) is 28.1. The summed E-state index contributed by atoms with van der Waals surface area (Å²) in [4.78, 5) is 75.1. The minimum Gasteiger partial charge on any atom is -0.756 e. The van der Waals surface area contributed by atoms with Gasteiger partial charge in [-0.3, -0.25) is 38.1 Å². The van der Waals surface area contributed by atoms with Gasteiger partial charge in [0.1, 0.15) is 18.3 Å². The van der Waals surface area contributed by atoms with Crippen LogP contribution in [-0.4, -0.2) is 98.0 Å². The number of nitrogen functional groups attached to an aromatic ring is 1. The summed E-state index contributed by atoms with van der Waals surface area (Å²) in [6.07, 6.45) is -8.39. The van der Waals surface area contributed by atoms with Crippen LogP contribution in [0.15, 0.2) is 33.0 Å². The third-order valence-electron chi connectivity index (χ3n) is 7.99. The minimum absolute atomic E-state index is 0.00602. The zero-order valence-electron chi connectivity index (χ0n) is 27.7. The second-order valence-corrected chi connectivity index (χ2v) is 13.6. The van der Waals surface area contributed by atoms with Crippen molar-refractivity contribution in [1.82, 2.24) is 34.4 Å². The molecule has 3 aromatic rings. The number of imidazole rings is 1. The summed E-state index contributed by atoms with van der Waals surface area (Å²) in [5.41, 5.74) is 3.46. The number of nitrogens with two attached hydrogens (primary N) is 1. The Kier molecular flexibility index (Phi) is 11.4. The Bertz CT molecular complexity index is 1900. The molecule has 2 aliphatic heterocycles. The molecule has 3 aromatic heterocycles. The fraction of sp³-hybridized carbons (Fsp3) is 0.643. The summed E-state index contributed by atoms with van der Waals surface area (Å²) in [7, 11) is -3.69. The summed E-state index contributed by atoms with van der Waals surface area (Å²) in [6, 6.07) is 1.04. The highest BCUT2D eigenvalue weighted by molar-refractivity contribution is 7.45. The van der Waals surface area contributed by atoms with Crippen LogP contribution in [0.5, 0.6) is 0 Å². The predicted octanol–water partition coefficient (Wildman–Crippen LogP) is -0.774. The van der Waals surface area contributed by atoms with Crippen LogP contribution in [0.25, 0.3) is 11.2 Å². The smallest absolute Gasteiger partial charge is 0.330 e. The molecule has 2 saturated heterocycles. The first-order valence-electron chi connectivity index (χ1n) is 15.7. The molecule has 1 amide bonds. The van der Waals surface area contributed by atoms with Crippen molar-refractivity contribution in [2.75, 3.05) is 26.0 Å². The highest BCUT2D eigenvalue weighted by Crippen LogP contribution is 2.47. The number of methoxy groups -OCH3 is 1. The fourth-order valence-electron chi connectivity index (χ4n) is 5.85. The van der Waals surface area contributed by atoms with E-state index in [2.05, 4.69) is 25.3 Å². The maximum atomic E-state index is 15.9. The average Bonchev–Trinajstić information content (AvgIpc) is 3.67. The van der Waals surface area contributed by atoms with Crippen molar-refractivity contribution in [3.05, 3.63) is 49.8 Å². The molecule has 2 aliphatic rings. The molecule has 0 bridgehead atoms. The van der Waals surface area contributed by atoms with Gasteiger partial charge in [0, 0.05) is 38.3 Å². The first-order valence-corrected chi connectivity index (χ1v) is 17.1. The second-order valence-electron chi connectivity index (χ2n) is 12.3. The number of phosphoric ester groups is 1. The van der Waals surface area contributed by atoms with Crippen molar-refractivity contribution in [3.63, 3.8) is 0 Å². The Labute approximate surface area is 283 Å². The largest absolute Gasteiger partial charge is 0.756 e. The van der Waals surface area contributed by atoms with Crippen LogP contribution in [-0.2, 0) is 37.4 Å². The van der Waals surface area contributed by atoms with Crippen LogP contribution in [0.2, 0.25) is 0 Å². The van der Waals surface area contributed by atoms with Gasteiger partial charge in [-0.05, 0) is 27.7 Å². The molecule has 0 aliphatic carbocycles. The van der Waals surface area contributed by atoms with E-state index in [9.17, 15) is 28.6 Å². The maximum absolute atomic E-state index is 15.9. The number of alkyl halides is 1. The van der Waals surface area contributed by atoms with Crippen molar-refractivity contribution in [1.29, 1.82) is 0 Å². The highest BCUT2D eigenvalue weighted by atomic mass is 31.2. The van der Waals surface area contributed by atoms with E-state index >= 15 is 4.39 Å². The Hall–Kier alpha value is -3.82. The molecule has 276 valence electrons. The van der Waals surface area contributed by atoms with Crippen molar-refractivity contribution in [3.8, 4) is 0 Å². The Balaban J connectivity index is 1.37. The lowest BCUT2D eigenvalue weighted by Gasteiger charge is -2.31. The number of nitrogens with one attached hydrogen (secondary N) is 3. The zero-order chi connectivity index (χ0) is 36.5. The third kappa shape index (κ3) is 8.21. The van der Waals surface area contributed by atoms with Crippen LogP contribution in [0.1, 0.15) is 46.6 Å². The number of carbonyl (C=O) groups is 1. The van der Waals surface area contributed by atoms with Gasteiger partial charge in [0.05, 0.1) is 31.2 Å². The Morgan fingerprint density at radius 1 is 1.12 bits per heavy atom. The number of fused-ring (bicyclic) bond motifs is 1. The number of phosphoric acid groups is 1. The highest BCUT2D eigenvalue weighted by Gasteiger charge is 2.50. The molecule has 0 radical (unpaired) electrons. The quantitative estimate of drug-likeness (QED) is 0.148. The van der Waals surface area contributed by atoms with E-state index in [0.29, 0.717) is 0 Å². The number of carbonyl (C=O) groups excluding carboxylic acids is 1. The van der Waals surface area contributed by atoms with Gasteiger partial charge < -0.3 is 43.9 Å². The fourth-order valence-corrected chi connectivity index (χ4v) is 6.97. The first-order chi connectivity index (χ1) is 23.6. The molecule has 2 fully saturated rings. The average molecular weight is 730 g/mol. The van der Waals surface area contributed by atoms with Gasteiger partial charge in [-0.25, -0.2) is 14.2 Å². The summed E-state index contributed by atoms with van der Waals surface area (Å²) in [6.45, 7) is 6.04. The summed E-state index contributed by atoms with van der Waals surface area (Å²) >= 11 is 0. The van der Waals surface area contributed by atoms with E-state index in [1.54, 1.807) is 13.8 Å². The number of hydrogen-bond acceptors (Lipinski definition) is 15. The predicted molar refractivity (Wildman–Crippen MR) is 168 cm³/mol. The summed E-state index contributed by atoms with van der Waals surface area (Å²) in [5.74, 6) is -1.99. The molecule has 22 heteroatoms. The number of ether oxygens (including phenoxy) is 4. The van der Waals surface area contributed by atoms with E-state index in [0.717, 1.165) is 16.8 Å². The van der Waals surface area contributed by atoms with Crippen molar-refractivity contribution in [2.24, 2.45) is 5.92 Å². The van der Waals surface area contributed by atoms with Crippen LogP contribution in [0.3, 0.4) is 0 Å². The molecule has 5 N–H and O–H groups in total. The SMILES string of the molecule is COC1C(OP(=O)([O-])OC(C)C)[C@@H](CNC(=O)CC2C(F)[C@H](n3ccc(=O)[nH]c3=O)O[C@@H]2COC(C)C)O[C@H]1n1cnc2c(=O)[nH]c(N)nc21. The van der Waals surface area contributed by atoms with E-state index in [4.69, 9.17) is 33.7 Å².